The van der Waals surface area contributed by atoms with Crippen LogP contribution in [0.1, 0.15) is 61.8 Å². The average Bonchev–Trinajstić information content (AvgIpc) is 3.53. The van der Waals surface area contributed by atoms with E-state index in [1.807, 2.05) is 30.5 Å². The average molecular weight is 544 g/mol. The molecule has 4 aromatic carbocycles. The lowest BCUT2D eigenvalue weighted by atomic mass is 9.98. The topological polar surface area (TPSA) is 70.3 Å². The Morgan fingerprint density at radius 3 is 1.81 bits per heavy atom. The number of aromatic nitrogens is 3. The lowest BCUT2D eigenvalue weighted by Gasteiger charge is -2.15. The molecule has 3 aromatic heterocycles. The van der Waals surface area contributed by atoms with E-state index in [2.05, 4.69) is 104 Å². The molecule has 0 bridgehead atoms. The highest BCUT2D eigenvalue weighted by atomic mass is 15.1. The number of pyridine rings is 1. The molecule has 0 aliphatic rings. The first-order chi connectivity index (χ1) is 20.4. The normalized spacial score (nSPS) is 11.7. The van der Waals surface area contributed by atoms with Crippen molar-refractivity contribution in [1.82, 2.24) is 14.1 Å². The van der Waals surface area contributed by atoms with Crippen LogP contribution in [0.25, 0.3) is 55.1 Å². The fraction of sp³-hybridized carbons (Fsp3) is 0.162. The Labute approximate surface area is 244 Å². The third-order valence-corrected chi connectivity index (χ3v) is 8.34. The van der Waals surface area contributed by atoms with Crippen molar-refractivity contribution in [2.24, 2.45) is 0 Å². The van der Waals surface area contributed by atoms with Crippen molar-refractivity contribution in [3.63, 3.8) is 0 Å². The van der Waals surface area contributed by atoms with Crippen molar-refractivity contribution in [3.05, 3.63) is 113 Å². The summed E-state index contributed by atoms with van der Waals surface area (Å²) >= 11 is 0. The van der Waals surface area contributed by atoms with E-state index >= 15 is 0 Å². The van der Waals surface area contributed by atoms with Crippen molar-refractivity contribution in [2.45, 2.75) is 39.5 Å². The molecule has 0 unspecified atom stereocenters. The van der Waals surface area contributed by atoms with Crippen molar-refractivity contribution < 1.29 is 0 Å². The van der Waals surface area contributed by atoms with Gasteiger partial charge in [0.1, 0.15) is 0 Å². The highest BCUT2D eigenvalue weighted by molar-refractivity contribution is 6.14. The zero-order valence-electron chi connectivity index (χ0n) is 24.1. The first kappa shape index (κ1) is 25.6. The molecule has 0 fully saturated rings. The van der Waals surface area contributed by atoms with Gasteiger partial charge >= 0.3 is 0 Å². The molecule has 202 valence electrons. The zero-order valence-corrected chi connectivity index (χ0v) is 24.1. The number of nitrogens with zero attached hydrogens (tertiary/aromatic N) is 5. The number of benzene rings is 4. The van der Waals surface area contributed by atoms with E-state index in [0.29, 0.717) is 23.0 Å². The van der Waals surface area contributed by atoms with Crippen molar-refractivity contribution in [3.8, 4) is 23.5 Å². The fourth-order valence-corrected chi connectivity index (χ4v) is 6.22. The van der Waals surface area contributed by atoms with Gasteiger partial charge in [-0.1, -0.05) is 52.0 Å². The molecule has 0 spiro atoms. The molecule has 5 heteroatoms. The van der Waals surface area contributed by atoms with Crippen LogP contribution in [-0.2, 0) is 0 Å². The minimum absolute atomic E-state index is 0.417. The zero-order chi connectivity index (χ0) is 29.1. The molecule has 0 radical (unpaired) electrons. The first-order valence-electron chi connectivity index (χ1n) is 14.3. The maximum Gasteiger partial charge on any atom is 0.0992 e. The van der Waals surface area contributed by atoms with Gasteiger partial charge in [0.2, 0.25) is 0 Å². The van der Waals surface area contributed by atoms with Crippen LogP contribution in [0, 0.1) is 22.7 Å². The molecule has 0 N–H and O–H groups in total. The third-order valence-electron chi connectivity index (χ3n) is 8.34. The van der Waals surface area contributed by atoms with Gasteiger partial charge in [0.25, 0.3) is 0 Å². The predicted octanol–water partition coefficient (Wildman–Crippen LogP) is 9.27. The summed E-state index contributed by atoms with van der Waals surface area (Å²) in [6.07, 6.45) is 1.81. The van der Waals surface area contributed by atoms with E-state index in [1.165, 1.54) is 21.9 Å². The number of fused-ring (bicyclic) bond motifs is 6. The molecule has 0 aliphatic carbocycles. The summed E-state index contributed by atoms with van der Waals surface area (Å²) in [5.74, 6) is 0.833. The van der Waals surface area contributed by atoms with Gasteiger partial charge in [-0.05, 0) is 83.6 Å². The van der Waals surface area contributed by atoms with Gasteiger partial charge in [-0.15, -0.1) is 0 Å². The Hall–Kier alpha value is -5.39. The summed E-state index contributed by atoms with van der Waals surface area (Å²) in [7, 11) is 0. The van der Waals surface area contributed by atoms with Crippen LogP contribution >= 0.6 is 0 Å². The Kier molecular flexibility index (Phi) is 5.85. The Morgan fingerprint density at radius 1 is 0.619 bits per heavy atom. The van der Waals surface area contributed by atoms with Crippen LogP contribution in [-0.4, -0.2) is 14.1 Å². The van der Waals surface area contributed by atoms with Gasteiger partial charge in [0.05, 0.1) is 56.5 Å². The summed E-state index contributed by atoms with van der Waals surface area (Å²) in [5.41, 5.74) is 10.3. The van der Waals surface area contributed by atoms with Gasteiger partial charge < -0.3 is 9.13 Å². The fourth-order valence-electron chi connectivity index (χ4n) is 6.22. The number of para-hydroxylation sites is 1. The Morgan fingerprint density at radius 2 is 1.24 bits per heavy atom. The number of hydrogen-bond donors (Lipinski definition) is 0. The molecule has 0 amide bonds. The van der Waals surface area contributed by atoms with Crippen molar-refractivity contribution in [2.75, 3.05) is 0 Å². The third kappa shape index (κ3) is 3.79. The quantitative estimate of drug-likeness (QED) is 0.222. The highest BCUT2D eigenvalue weighted by Gasteiger charge is 2.21. The summed E-state index contributed by atoms with van der Waals surface area (Å²) in [6, 6.07) is 33.8. The summed E-state index contributed by atoms with van der Waals surface area (Å²) in [4.78, 5) is 4.79. The van der Waals surface area contributed by atoms with Crippen molar-refractivity contribution >= 4 is 43.7 Å². The van der Waals surface area contributed by atoms with Crippen LogP contribution in [0.15, 0.2) is 91.1 Å². The number of hydrogen-bond acceptors (Lipinski definition) is 3. The van der Waals surface area contributed by atoms with Gasteiger partial charge in [-0.3, -0.25) is 4.98 Å². The largest absolute Gasteiger partial charge is 0.307 e. The molecular weight excluding hydrogens is 514 g/mol. The molecule has 3 heterocycles. The molecule has 0 saturated carbocycles. The Bertz CT molecular complexity index is 2180. The minimum Gasteiger partial charge on any atom is -0.307 e. The number of nitriles is 2. The summed E-state index contributed by atoms with van der Waals surface area (Å²) in [6.45, 7) is 8.93. The standard InChI is InChI=1S/C37H29N5/c1-22(2)26-10-12-32-30(18-26)31-19-27(23(3)4)11-13-33(31)42(32)35-8-5-7-29-36-34(9-6-14-40-36)41(37(29)35)28-16-24(20-38)15-25(17-28)21-39/h5-19,22-23H,1-4H3. The minimum atomic E-state index is 0.417. The second kappa shape index (κ2) is 9.61. The number of rotatable bonds is 4. The molecular formula is C37H29N5. The molecule has 7 rings (SSSR count). The van der Waals surface area contributed by atoms with E-state index in [4.69, 9.17) is 4.98 Å². The molecule has 0 atom stereocenters. The van der Waals surface area contributed by atoms with E-state index < -0.39 is 0 Å². The van der Waals surface area contributed by atoms with Crippen LogP contribution < -0.4 is 0 Å². The second-order valence-corrected chi connectivity index (χ2v) is 11.6. The van der Waals surface area contributed by atoms with Crippen LogP contribution in [0.3, 0.4) is 0 Å². The van der Waals surface area contributed by atoms with Crippen LogP contribution in [0.4, 0.5) is 0 Å². The van der Waals surface area contributed by atoms with E-state index in [1.54, 1.807) is 6.07 Å². The monoisotopic (exact) mass is 543 g/mol. The predicted molar refractivity (Wildman–Crippen MR) is 171 cm³/mol. The maximum absolute atomic E-state index is 9.79. The molecule has 5 nitrogen and oxygen atoms in total. The van der Waals surface area contributed by atoms with Gasteiger partial charge in [0, 0.05) is 28.0 Å². The van der Waals surface area contributed by atoms with Crippen molar-refractivity contribution in [1.29, 1.82) is 10.5 Å². The molecule has 0 aliphatic heterocycles. The molecule has 42 heavy (non-hydrogen) atoms. The molecule has 0 saturated heterocycles. The van der Waals surface area contributed by atoms with E-state index in [0.717, 1.165) is 44.3 Å². The summed E-state index contributed by atoms with van der Waals surface area (Å²) in [5, 5.41) is 23.0. The van der Waals surface area contributed by atoms with E-state index in [9.17, 15) is 10.5 Å². The lowest BCUT2D eigenvalue weighted by molar-refractivity contribution is 0.868. The SMILES string of the molecule is CC(C)c1ccc2c(c1)c1cc(C(C)C)ccc1n2-c1cccc2c3ncccc3n(-c3cc(C#N)cc(C#N)c3)c12. The summed E-state index contributed by atoms with van der Waals surface area (Å²) < 4.78 is 4.51. The smallest absolute Gasteiger partial charge is 0.0992 e. The van der Waals surface area contributed by atoms with Crippen LogP contribution in [0.5, 0.6) is 0 Å². The van der Waals surface area contributed by atoms with Gasteiger partial charge in [0.15, 0.2) is 0 Å². The van der Waals surface area contributed by atoms with E-state index in [-0.39, 0.29) is 0 Å². The first-order valence-corrected chi connectivity index (χ1v) is 14.3. The second-order valence-electron chi connectivity index (χ2n) is 11.6. The van der Waals surface area contributed by atoms with Gasteiger partial charge in [-0.25, -0.2) is 0 Å². The maximum atomic E-state index is 9.79. The molecule has 7 aromatic rings. The Balaban J connectivity index is 1.67. The lowest BCUT2D eigenvalue weighted by Crippen LogP contribution is -2.01. The van der Waals surface area contributed by atoms with Crippen LogP contribution in [0.2, 0.25) is 0 Å². The highest BCUT2D eigenvalue weighted by Crippen LogP contribution is 2.40. The van der Waals surface area contributed by atoms with Gasteiger partial charge in [-0.2, -0.15) is 10.5 Å².